The molecular weight excluding hydrogens is 232 g/mol. The van der Waals surface area contributed by atoms with Gasteiger partial charge < -0.3 is 0 Å². The number of fused-ring (bicyclic) bond motifs is 1. The largest absolute Gasteiger partial charge is 0.294 e. The number of allylic oxidation sites excluding steroid dienone is 3. The molecule has 0 aliphatic heterocycles. The van der Waals surface area contributed by atoms with Gasteiger partial charge in [0, 0.05) is 0 Å². The average molecular weight is 254 g/mol. The Morgan fingerprint density at radius 1 is 1.16 bits per heavy atom. The van der Waals surface area contributed by atoms with Gasteiger partial charge in [-0.3, -0.25) is 4.79 Å². The summed E-state index contributed by atoms with van der Waals surface area (Å²) in [6.07, 6.45) is 2.81. The van der Waals surface area contributed by atoms with E-state index in [0.717, 1.165) is 17.6 Å². The van der Waals surface area contributed by atoms with Gasteiger partial charge in [0.1, 0.15) is 0 Å². The minimum Gasteiger partial charge on any atom is -0.294 e. The molecule has 0 aromatic heterocycles. The molecule has 1 aromatic carbocycles. The summed E-state index contributed by atoms with van der Waals surface area (Å²) in [4.78, 5) is 12.7. The van der Waals surface area contributed by atoms with Crippen LogP contribution in [0.1, 0.15) is 52.2 Å². The smallest absolute Gasteiger partial charge is 0.169 e. The Morgan fingerprint density at radius 2 is 1.79 bits per heavy atom. The van der Waals surface area contributed by atoms with Crippen LogP contribution < -0.4 is 0 Å². The molecule has 0 bridgehead atoms. The van der Waals surface area contributed by atoms with Crippen molar-refractivity contribution < 1.29 is 4.79 Å². The number of ketones is 1. The van der Waals surface area contributed by atoms with E-state index in [0.29, 0.717) is 0 Å². The lowest BCUT2D eigenvalue weighted by Crippen LogP contribution is -2.36. The van der Waals surface area contributed by atoms with Crippen molar-refractivity contribution in [1.29, 1.82) is 0 Å². The van der Waals surface area contributed by atoms with E-state index in [-0.39, 0.29) is 5.78 Å². The molecule has 0 saturated carbocycles. The second-order valence-electron chi connectivity index (χ2n) is 6.03. The van der Waals surface area contributed by atoms with E-state index < -0.39 is 5.41 Å². The van der Waals surface area contributed by atoms with Crippen molar-refractivity contribution in [3.63, 3.8) is 0 Å². The minimum absolute atomic E-state index is 0.256. The number of carbonyl (C=O) groups excluding carboxylic acids is 1. The van der Waals surface area contributed by atoms with Gasteiger partial charge in [-0.1, -0.05) is 35.4 Å². The van der Waals surface area contributed by atoms with Gasteiger partial charge in [-0.25, -0.2) is 0 Å². The van der Waals surface area contributed by atoms with Crippen molar-refractivity contribution in [3.8, 4) is 0 Å². The zero-order chi connectivity index (χ0) is 14.2. The van der Waals surface area contributed by atoms with Gasteiger partial charge in [0.2, 0.25) is 0 Å². The first kappa shape index (κ1) is 13.8. The molecular formula is C18H22O. The Hall–Kier alpha value is -1.63. The zero-order valence-electron chi connectivity index (χ0n) is 12.5. The Kier molecular flexibility index (Phi) is 3.49. The summed E-state index contributed by atoms with van der Waals surface area (Å²) in [6.45, 7) is 10.4. The molecule has 1 aliphatic rings. The van der Waals surface area contributed by atoms with Crippen molar-refractivity contribution in [2.45, 2.75) is 46.5 Å². The Bertz CT molecular complexity index is 585. The van der Waals surface area contributed by atoms with Crippen LogP contribution in [0.3, 0.4) is 0 Å². The third kappa shape index (κ3) is 2.30. The molecule has 1 atom stereocenters. The average Bonchev–Trinajstić information content (AvgIpc) is 2.36. The number of carbonyl (C=O) groups is 1. The van der Waals surface area contributed by atoms with Gasteiger partial charge in [-0.05, 0) is 63.8 Å². The van der Waals surface area contributed by atoms with Gasteiger partial charge in [0.15, 0.2) is 5.78 Å². The SMILES string of the molecule is CC1=Cc2ccccc2C(C)(CC(C)=C(C)C)C1=O. The van der Waals surface area contributed by atoms with Crippen LogP contribution in [0, 0.1) is 0 Å². The van der Waals surface area contributed by atoms with Crippen LogP contribution >= 0.6 is 0 Å². The first-order valence-corrected chi connectivity index (χ1v) is 6.82. The Labute approximate surface area is 116 Å². The Morgan fingerprint density at radius 3 is 2.42 bits per heavy atom. The number of hydrogen-bond acceptors (Lipinski definition) is 1. The number of benzene rings is 1. The highest BCUT2D eigenvalue weighted by atomic mass is 16.1. The van der Waals surface area contributed by atoms with E-state index in [9.17, 15) is 4.79 Å². The minimum atomic E-state index is -0.420. The summed E-state index contributed by atoms with van der Waals surface area (Å²) in [5.41, 5.74) is 5.40. The molecule has 0 amide bonds. The van der Waals surface area contributed by atoms with Crippen molar-refractivity contribution in [3.05, 3.63) is 52.1 Å². The van der Waals surface area contributed by atoms with Crippen molar-refractivity contribution in [2.75, 3.05) is 0 Å². The van der Waals surface area contributed by atoms with E-state index >= 15 is 0 Å². The number of Topliss-reactive ketones (excluding diaryl/α,β-unsaturated/α-hetero) is 1. The molecule has 0 saturated heterocycles. The summed E-state index contributed by atoms with van der Waals surface area (Å²) in [7, 11) is 0. The molecule has 1 heteroatoms. The summed E-state index contributed by atoms with van der Waals surface area (Å²) in [6, 6.07) is 8.25. The van der Waals surface area contributed by atoms with E-state index in [1.807, 2.05) is 25.1 Å². The molecule has 0 fully saturated rings. The molecule has 0 spiro atoms. The van der Waals surface area contributed by atoms with Gasteiger partial charge in [0.05, 0.1) is 5.41 Å². The van der Waals surface area contributed by atoms with Crippen LogP contribution in [0.5, 0.6) is 0 Å². The highest BCUT2D eigenvalue weighted by Gasteiger charge is 2.39. The lowest BCUT2D eigenvalue weighted by atomic mass is 9.67. The van der Waals surface area contributed by atoms with E-state index in [4.69, 9.17) is 0 Å². The fourth-order valence-corrected chi connectivity index (χ4v) is 2.86. The molecule has 2 rings (SSSR count). The monoisotopic (exact) mass is 254 g/mol. The van der Waals surface area contributed by atoms with Crippen LogP contribution in [-0.2, 0) is 10.2 Å². The third-order valence-electron chi connectivity index (χ3n) is 4.26. The van der Waals surface area contributed by atoms with E-state index in [2.05, 4.69) is 39.8 Å². The van der Waals surface area contributed by atoms with Gasteiger partial charge in [-0.2, -0.15) is 0 Å². The summed E-state index contributed by atoms with van der Waals surface area (Å²) < 4.78 is 0. The fraction of sp³-hybridized carbons (Fsp3) is 0.389. The summed E-state index contributed by atoms with van der Waals surface area (Å²) in [5, 5.41) is 0. The maximum Gasteiger partial charge on any atom is 0.169 e. The van der Waals surface area contributed by atoms with Gasteiger partial charge >= 0.3 is 0 Å². The van der Waals surface area contributed by atoms with Crippen LogP contribution in [0.4, 0.5) is 0 Å². The molecule has 0 N–H and O–H groups in total. The van der Waals surface area contributed by atoms with Crippen LogP contribution in [0.25, 0.3) is 6.08 Å². The fourth-order valence-electron chi connectivity index (χ4n) is 2.86. The van der Waals surface area contributed by atoms with Crippen LogP contribution in [0.15, 0.2) is 41.0 Å². The summed E-state index contributed by atoms with van der Waals surface area (Å²) in [5.74, 6) is 0.256. The normalized spacial score (nSPS) is 21.7. The molecule has 100 valence electrons. The second kappa shape index (κ2) is 4.80. The maximum absolute atomic E-state index is 12.7. The van der Waals surface area contributed by atoms with E-state index in [1.54, 1.807) is 0 Å². The molecule has 19 heavy (non-hydrogen) atoms. The topological polar surface area (TPSA) is 17.1 Å². The second-order valence-corrected chi connectivity index (χ2v) is 6.03. The highest BCUT2D eigenvalue weighted by molar-refractivity contribution is 6.09. The van der Waals surface area contributed by atoms with Gasteiger partial charge in [0.25, 0.3) is 0 Å². The standard InChI is InChI=1S/C18H22O/c1-12(2)14(4)11-18(5)16-9-7-6-8-15(16)10-13(3)17(18)19/h6-10H,11H2,1-5H3. The van der Waals surface area contributed by atoms with Crippen LogP contribution in [-0.4, -0.2) is 5.78 Å². The first-order valence-electron chi connectivity index (χ1n) is 6.82. The lowest BCUT2D eigenvalue weighted by Gasteiger charge is -2.34. The van der Waals surface area contributed by atoms with E-state index in [1.165, 1.54) is 16.7 Å². The van der Waals surface area contributed by atoms with Crippen LogP contribution in [0.2, 0.25) is 0 Å². The molecule has 0 radical (unpaired) electrons. The summed E-state index contributed by atoms with van der Waals surface area (Å²) >= 11 is 0. The number of rotatable bonds is 2. The molecule has 1 aliphatic carbocycles. The molecule has 1 aromatic rings. The van der Waals surface area contributed by atoms with Gasteiger partial charge in [-0.15, -0.1) is 0 Å². The lowest BCUT2D eigenvalue weighted by molar-refractivity contribution is -0.120. The number of hydrogen-bond donors (Lipinski definition) is 0. The van der Waals surface area contributed by atoms with Crippen molar-refractivity contribution >= 4 is 11.9 Å². The quantitative estimate of drug-likeness (QED) is 0.700. The van der Waals surface area contributed by atoms with Crippen molar-refractivity contribution in [2.24, 2.45) is 0 Å². The predicted octanol–water partition coefficient (Wildman–Crippen LogP) is 4.68. The maximum atomic E-state index is 12.7. The predicted molar refractivity (Wildman–Crippen MR) is 81.1 cm³/mol. The zero-order valence-corrected chi connectivity index (χ0v) is 12.5. The third-order valence-corrected chi connectivity index (χ3v) is 4.26. The first-order chi connectivity index (χ1) is 8.86. The molecule has 1 unspecified atom stereocenters. The molecule has 0 heterocycles. The van der Waals surface area contributed by atoms with Crippen molar-refractivity contribution in [1.82, 2.24) is 0 Å². The molecule has 1 nitrogen and oxygen atoms in total. The highest BCUT2D eigenvalue weighted by Crippen LogP contribution is 2.40. The Balaban J connectivity index is 2.58.